The van der Waals surface area contributed by atoms with Crippen LogP contribution in [-0.2, 0) is 11.2 Å². The molecule has 3 heterocycles. The number of pyridine rings is 1. The summed E-state index contributed by atoms with van der Waals surface area (Å²) in [5, 5.41) is 7.37. The topological polar surface area (TPSA) is 61.9 Å². The zero-order chi connectivity index (χ0) is 17.1. The molecule has 1 aromatic carbocycles. The molecule has 25 heavy (non-hydrogen) atoms. The molecule has 1 fully saturated rings. The third-order valence-electron chi connectivity index (χ3n) is 4.76. The standard InChI is InChI=1S/C20H20N4O/c25-19(13-15-5-2-1-3-6-15)24-12-4-7-18(24)20-17(14-22-23-20)16-8-10-21-11-9-16/h1-3,5-6,8-11,14,18H,4,7,12-13H2,(H,22,23)/t18-/m0/s1. The number of amides is 1. The molecule has 1 N–H and O–H groups in total. The van der Waals surface area contributed by atoms with E-state index in [2.05, 4.69) is 15.2 Å². The molecule has 0 spiro atoms. The minimum Gasteiger partial charge on any atom is -0.334 e. The van der Waals surface area contributed by atoms with Crippen LogP contribution in [0.5, 0.6) is 0 Å². The van der Waals surface area contributed by atoms with Crippen molar-refractivity contribution in [3.63, 3.8) is 0 Å². The Morgan fingerprint density at radius 1 is 1.16 bits per heavy atom. The lowest BCUT2D eigenvalue weighted by molar-refractivity contribution is -0.131. The monoisotopic (exact) mass is 332 g/mol. The predicted molar refractivity (Wildman–Crippen MR) is 95.7 cm³/mol. The van der Waals surface area contributed by atoms with E-state index in [-0.39, 0.29) is 11.9 Å². The Morgan fingerprint density at radius 3 is 2.76 bits per heavy atom. The van der Waals surface area contributed by atoms with Gasteiger partial charge < -0.3 is 4.90 Å². The Labute approximate surface area is 146 Å². The number of nitrogens with one attached hydrogen (secondary N) is 1. The third kappa shape index (κ3) is 3.18. The van der Waals surface area contributed by atoms with Crippen molar-refractivity contribution in [3.8, 4) is 11.1 Å². The lowest BCUT2D eigenvalue weighted by atomic mass is 10.0. The van der Waals surface area contributed by atoms with Gasteiger partial charge in [-0.15, -0.1) is 0 Å². The summed E-state index contributed by atoms with van der Waals surface area (Å²) in [5.74, 6) is 0.170. The summed E-state index contributed by atoms with van der Waals surface area (Å²) in [5.41, 5.74) is 4.19. The van der Waals surface area contributed by atoms with E-state index in [1.807, 2.05) is 53.6 Å². The molecule has 0 radical (unpaired) electrons. The van der Waals surface area contributed by atoms with Crippen molar-refractivity contribution in [3.05, 3.63) is 72.3 Å². The SMILES string of the molecule is O=C(Cc1ccccc1)N1CCC[C@H]1c1[nH]ncc1-c1ccncc1. The molecule has 1 aliphatic rings. The van der Waals surface area contributed by atoms with E-state index in [4.69, 9.17) is 0 Å². The minimum atomic E-state index is 0.0573. The maximum absolute atomic E-state index is 12.8. The van der Waals surface area contributed by atoms with Gasteiger partial charge in [-0.1, -0.05) is 30.3 Å². The van der Waals surface area contributed by atoms with Crippen LogP contribution in [0.1, 0.15) is 30.1 Å². The van der Waals surface area contributed by atoms with Gasteiger partial charge in [0.25, 0.3) is 0 Å². The van der Waals surface area contributed by atoms with Crippen LogP contribution in [0.2, 0.25) is 0 Å². The minimum absolute atomic E-state index is 0.0573. The number of carbonyl (C=O) groups excluding carboxylic acids is 1. The molecule has 0 bridgehead atoms. The summed E-state index contributed by atoms with van der Waals surface area (Å²) in [6, 6.07) is 13.9. The highest BCUT2D eigenvalue weighted by atomic mass is 16.2. The Bertz CT molecular complexity index is 844. The number of benzene rings is 1. The first-order valence-corrected chi connectivity index (χ1v) is 8.60. The summed E-state index contributed by atoms with van der Waals surface area (Å²) in [6.45, 7) is 0.797. The lowest BCUT2D eigenvalue weighted by Gasteiger charge is -2.25. The first-order valence-electron chi connectivity index (χ1n) is 8.60. The van der Waals surface area contributed by atoms with Gasteiger partial charge >= 0.3 is 0 Å². The number of hydrogen-bond donors (Lipinski definition) is 1. The number of nitrogens with zero attached hydrogens (tertiary/aromatic N) is 3. The van der Waals surface area contributed by atoms with E-state index >= 15 is 0 Å². The highest BCUT2D eigenvalue weighted by Gasteiger charge is 2.32. The molecule has 0 saturated carbocycles. The van der Waals surface area contributed by atoms with Crippen LogP contribution in [0, 0.1) is 0 Å². The highest BCUT2D eigenvalue weighted by molar-refractivity contribution is 5.80. The smallest absolute Gasteiger partial charge is 0.227 e. The van der Waals surface area contributed by atoms with Gasteiger partial charge in [0.15, 0.2) is 0 Å². The van der Waals surface area contributed by atoms with Gasteiger partial charge in [0.2, 0.25) is 5.91 Å². The quantitative estimate of drug-likeness (QED) is 0.797. The van der Waals surface area contributed by atoms with Crippen molar-refractivity contribution in [2.24, 2.45) is 0 Å². The molecule has 1 saturated heterocycles. The number of aromatic nitrogens is 3. The summed E-state index contributed by atoms with van der Waals surface area (Å²) < 4.78 is 0. The number of carbonyl (C=O) groups is 1. The molecule has 1 atom stereocenters. The fraction of sp³-hybridized carbons (Fsp3) is 0.250. The zero-order valence-corrected chi connectivity index (χ0v) is 13.9. The predicted octanol–water partition coefficient (Wildman–Crippen LogP) is 3.38. The molecule has 3 aromatic rings. The molecule has 2 aromatic heterocycles. The van der Waals surface area contributed by atoms with E-state index in [0.29, 0.717) is 6.42 Å². The van der Waals surface area contributed by atoms with E-state index in [9.17, 15) is 4.79 Å². The Balaban J connectivity index is 1.58. The third-order valence-corrected chi connectivity index (χ3v) is 4.76. The van der Waals surface area contributed by atoms with E-state index in [1.54, 1.807) is 12.4 Å². The van der Waals surface area contributed by atoms with Gasteiger partial charge in [0, 0.05) is 24.5 Å². The Hall–Kier alpha value is -2.95. The van der Waals surface area contributed by atoms with E-state index in [0.717, 1.165) is 41.8 Å². The van der Waals surface area contributed by atoms with Crippen molar-refractivity contribution >= 4 is 5.91 Å². The number of hydrogen-bond acceptors (Lipinski definition) is 3. The van der Waals surface area contributed by atoms with Crippen LogP contribution in [0.3, 0.4) is 0 Å². The van der Waals surface area contributed by atoms with E-state index < -0.39 is 0 Å². The van der Waals surface area contributed by atoms with Crippen LogP contribution in [0.4, 0.5) is 0 Å². The molecule has 1 aliphatic heterocycles. The van der Waals surface area contributed by atoms with Crippen LogP contribution in [0.15, 0.2) is 61.1 Å². The first kappa shape index (κ1) is 15.6. The van der Waals surface area contributed by atoms with E-state index in [1.165, 1.54) is 0 Å². The zero-order valence-electron chi connectivity index (χ0n) is 13.9. The Kier molecular flexibility index (Phi) is 4.29. The lowest BCUT2D eigenvalue weighted by Crippen LogP contribution is -2.32. The van der Waals surface area contributed by atoms with Gasteiger partial charge in [0.05, 0.1) is 24.4 Å². The highest BCUT2D eigenvalue weighted by Crippen LogP contribution is 2.36. The molecule has 0 unspecified atom stereocenters. The van der Waals surface area contributed by atoms with Gasteiger partial charge in [-0.25, -0.2) is 0 Å². The molecule has 1 amide bonds. The Morgan fingerprint density at radius 2 is 1.96 bits per heavy atom. The van der Waals surface area contributed by atoms with Gasteiger partial charge in [-0.05, 0) is 36.1 Å². The van der Waals surface area contributed by atoms with Crippen LogP contribution in [-0.4, -0.2) is 32.5 Å². The van der Waals surface area contributed by atoms with Gasteiger partial charge in [0.1, 0.15) is 0 Å². The maximum Gasteiger partial charge on any atom is 0.227 e. The molecule has 5 nitrogen and oxygen atoms in total. The summed E-state index contributed by atoms with van der Waals surface area (Å²) in [4.78, 5) is 18.9. The number of aromatic amines is 1. The van der Waals surface area contributed by atoms with Crippen LogP contribution < -0.4 is 0 Å². The van der Waals surface area contributed by atoms with Crippen molar-refractivity contribution < 1.29 is 4.79 Å². The summed E-state index contributed by atoms with van der Waals surface area (Å²) >= 11 is 0. The second kappa shape index (κ2) is 6.89. The normalized spacial score (nSPS) is 17.0. The summed E-state index contributed by atoms with van der Waals surface area (Å²) in [7, 11) is 0. The second-order valence-electron chi connectivity index (χ2n) is 6.34. The molecule has 0 aliphatic carbocycles. The molecular weight excluding hydrogens is 312 g/mol. The van der Waals surface area contributed by atoms with Gasteiger partial charge in [-0.2, -0.15) is 5.10 Å². The average Bonchev–Trinajstić information content (AvgIpc) is 3.32. The van der Waals surface area contributed by atoms with Crippen LogP contribution in [0.25, 0.3) is 11.1 Å². The van der Waals surface area contributed by atoms with Gasteiger partial charge in [-0.3, -0.25) is 14.9 Å². The maximum atomic E-state index is 12.8. The largest absolute Gasteiger partial charge is 0.334 e. The molecule has 126 valence electrons. The molecule has 4 rings (SSSR count). The summed E-state index contributed by atoms with van der Waals surface area (Å²) in [6.07, 6.45) is 7.80. The molecule has 5 heteroatoms. The number of H-pyrrole nitrogens is 1. The van der Waals surface area contributed by atoms with Crippen molar-refractivity contribution in [1.82, 2.24) is 20.1 Å². The van der Waals surface area contributed by atoms with Crippen molar-refractivity contribution in [2.45, 2.75) is 25.3 Å². The first-order chi connectivity index (χ1) is 12.3. The number of likely N-dealkylation sites (tertiary alicyclic amines) is 1. The fourth-order valence-electron chi connectivity index (χ4n) is 3.55. The van der Waals surface area contributed by atoms with Crippen LogP contribution >= 0.6 is 0 Å². The molecular formula is C20H20N4O. The average molecular weight is 332 g/mol. The second-order valence-corrected chi connectivity index (χ2v) is 6.34. The van der Waals surface area contributed by atoms with Crippen molar-refractivity contribution in [1.29, 1.82) is 0 Å². The fourth-order valence-corrected chi connectivity index (χ4v) is 3.55. The van der Waals surface area contributed by atoms with Crippen molar-refractivity contribution in [2.75, 3.05) is 6.54 Å². The number of rotatable bonds is 4.